The summed E-state index contributed by atoms with van der Waals surface area (Å²) >= 11 is 0. The van der Waals surface area contributed by atoms with Gasteiger partial charge in [-0.3, -0.25) is 4.79 Å². The third-order valence-electron chi connectivity index (χ3n) is 3.84. The van der Waals surface area contributed by atoms with E-state index in [9.17, 15) is 18.3 Å². The van der Waals surface area contributed by atoms with Gasteiger partial charge < -0.3 is 14.9 Å². The number of ether oxygens (including phenoxy) is 1. The van der Waals surface area contributed by atoms with Crippen molar-refractivity contribution in [2.45, 2.75) is 49.3 Å². The van der Waals surface area contributed by atoms with Gasteiger partial charge in [0, 0.05) is 0 Å². The highest BCUT2D eigenvalue weighted by Gasteiger charge is 2.34. The van der Waals surface area contributed by atoms with Crippen LogP contribution in [0.4, 0.5) is 0 Å². The van der Waals surface area contributed by atoms with Crippen LogP contribution in [0.3, 0.4) is 0 Å². The standard InChI is InChI=1S/C15H21NO6S/c1-10-2-5-12(6-3-10)23(20,21)16-13-7-4-11(8-15(18)19)22-14(13)9-17/h2-3,5-6,11,13-14,16-17H,4,7-9H2,1H3,(H,18,19)/t11-,13+,14-/m1/s1. The molecule has 8 heteroatoms. The quantitative estimate of drug-likeness (QED) is 0.699. The molecule has 1 heterocycles. The molecular weight excluding hydrogens is 322 g/mol. The molecule has 128 valence electrons. The minimum atomic E-state index is -3.72. The molecule has 1 aliphatic rings. The largest absolute Gasteiger partial charge is 0.481 e. The number of rotatable bonds is 6. The van der Waals surface area contributed by atoms with Gasteiger partial charge in [-0.2, -0.15) is 0 Å². The smallest absolute Gasteiger partial charge is 0.305 e. The van der Waals surface area contributed by atoms with Gasteiger partial charge in [-0.15, -0.1) is 0 Å². The normalized spacial score (nSPS) is 25.2. The predicted molar refractivity (Wildman–Crippen MR) is 82.5 cm³/mol. The lowest BCUT2D eigenvalue weighted by molar-refractivity contribution is -0.145. The summed E-state index contributed by atoms with van der Waals surface area (Å²) in [5.41, 5.74) is 0.953. The van der Waals surface area contributed by atoms with Crippen molar-refractivity contribution in [1.29, 1.82) is 0 Å². The first kappa shape index (κ1) is 17.9. The van der Waals surface area contributed by atoms with Gasteiger partial charge >= 0.3 is 5.97 Å². The summed E-state index contributed by atoms with van der Waals surface area (Å²) in [7, 11) is -3.72. The summed E-state index contributed by atoms with van der Waals surface area (Å²) in [5.74, 6) is -0.981. The van der Waals surface area contributed by atoms with Crippen molar-refractivity contribution in [3.63, 3.8) is 0 Å². The van der Waals surface area contributed by atoms with Crippen LogP contribution >= 0.6 is 0 Å². The number of benzene rings is 1. The number of hydrogen-bond donors (Lipinski definition) is 3. The molecule has 3 N–H and O–H groups in total. The Hall–Kier alpha value is -1.48. The number of carbonyl (C=O) groups is 1. The van der Waals surface area contributed by atoms with Gasteiger partial charge in [0.05, 0.1) is 36.2 Å². The Morgan fingerprint density at radius 2 is 1.96 bits per heavy atom. The van der Waals surface area contributed by atoms with E-state index in [0.29, 0.717) is 12.8 Å². The number of hydrogen-bond acceptors (Lipinski definition) is 5. The average Bonchev–Trinajstić information content (AvgIpc) is 2.48. The van der Waals surface area contributed by atoms with Crippen LogP contribution < -0.4 is 4.72 Å². The van der Waals surface area contributed by atoms with Gasteiger partial charge in [0.1, 0.15) is 0 Å². The fourth-order valence-corrected chi connectivity index (χ4v) is 3.89. The molecule has 7 nitrogen and oxygen atoms in total. The van der Waals surface area contributed by atoms with Crippen molar-refractivity contribution in [3.8, 4) is 0 Å². The lowest BCUT2D eigenvalue weighted by Crippen LogP contribution is -2.51. The van der Waals surface area contributed by atoms with E-state index in [2.05, 4.69) is 4.72 Å². The van der Waals surface area contributed by atoms with E-state index in [-0.39, 0.29) is 17.9 Å². The second-order valence-corrected chi connectivity index (χ2v) is 7.41. The molecule has 0 aromatic heterocycles. The zero-order valence-electron chi connectivity index (χ0n) is 12.8. The van der Waals surface area contributed by atoms with Gasteiger partial charge in [-0.1, -0.05) is 17.7 Å². The fourth-order valence-electron chi connectivity index (χ4n) is 2.60. The van der Waals surface area contributed by atoms with E-state index in [1.807, 2.05) is 6.92 Å². The number of aryl methyl sites for hydroxylation is 1. The van der Waals surface area contributed by atoms with E-state index < -0.39 is 34.2 Å². The van der Waals surface area contributed by atoms with Crippen molar-refractivity contribution in [3.05, 3.63) is 29.8 Å². The highest BCUT2D eigenvalue weighted by molar-refractivity contribution is 7.89. The van der Waals surface area contributed by atoms with Crippen LogP contribution in [0.25, 0.3) is 0 Å². The van der Waals surface area contributed by atoms with Crippen molar-refractivity contribution in [2.24, 2.45) is 0 Å². The lowest BCUT2D eigenvalue weighted by atomic mass is 9.98. The first-order valence-electron chi connectivity index (χ1n) is 7.39. The van der Waals surface area contributed by atoms with Crippen molar-refractivity contribution >= 4 is 16.0 Å². The Kier molecular flexibility index (Phi) is 5.74. The summed E-state index contributed by atoms with van der Waals surface area (Å²) in [6, 6.07) is 5.86. The van der Waals surface area contributed by atoms with Crippen LogP contribution in [0.5, 0.6) is 0 Å². The molecule has 0 aliphatic carbocycles. The lowest BCUT2D eigenvalue weighted by Gasteiger charge is -2.35. The highest BCUT2D eigenvalue weighted by atomic mass is 32.2. The Labute approximate surface area is 135 Å². The highest BCUT2D eigenvalue weighted by Crippen LogP contribution is 2.23. The summed E-state index contributed by atoms with van der Waals surface area (Å²) in [6.45, 7) is 1.49. The van der Waals surface area contributed by atoms with E-state index in [1.54, 1.807) is 12.1 Å². The molecule has 1 aliphatic heterocycles. The van der Waals surface area contributed by atoms with Gasteiger partial charge in [-0.05, 0) is 31.9 Å². The number of aliphatic hydroxyl groups excluding tert-OH is 1. The first-order valence-corrected chi connectivity index (χ1v) is 8.87. The molecule has 3 atom stereocenters. The number of aliphatic carboxylic acids is 1. The Morgan fingerprint density at radius 1 is 1.30 bits per heavy atom. The van der Waals surface area contributed by atoms with Crippen LogP contribution in [0.15, 0.2) is 29.2 Å². The van der Waals surface area contributed by atoms with Crippen molar-refractivity contribution in [2.75, 3.05) is 6.61 Å². The number of carboxylic acid groups (broad SMARTS) is 1. The minimum absolute atomic E-state index is 0.146. The van der Waals surface area contributed by atoms with Gasteiger partial charge in [-0.25, -0.2) is 13.1 Å². The van der Waals surface area contributed by atoms with Crippen molar-refractivity contribution < 1.29 is 28.2 Å². The molecule has 0 unspecified atom stereocenters. The molecule has 1 aromatic carbocycles. The van der Waals surface area contributed by atoms with Crippen LogP contribution in [-0.2, 0) is 19.6 Å². The fraction of sp³-hybridized carbons (Fsp3) is 0.533. The molecule has 1 saturated heterocycles. The maximum absolute atomic E-state index is 12.4. The second-order valence-electron chi connectivity index (χ2n) is 5.70. The monoisotopic (exact) mass is 343 g/mol. The summed E-state index contributed by atoms with van der Waals surface area (Å²) < 4.78 is 32.8. The maximum Gasteiger partial charge on any atom is 0.305 e. The number of nitrogens with one attached hydrogen (secondary N) is 1. The molecule has 1 aromatic rings. The van der Waals surface area contributed by atoms with E-state index in [1.165, 1.54) is 12.1 Å². The Morgan fingerprint density at radius 3 is 2.52 bits per heavy atom. The number of carboxylic acids is 1. The van der Waals surface area contributed by atoms with Crippen LogP contribution in [-0.4, -0.2) is 49.5 Å². The molecular formula is C15H21NO6S. The van der Waals surface area contributed by atoms with E-state index in [4.69, 9.17) is 9.84 Å². The first-order chi connectivity index (χ1) is 10.8. The molecule has 0 amide bonds. The summed E-state index contributed by atoms with van der Waals surface area (Å²) in [5, 5.41) is 18.2. The van der Waals surface area contributed by atoms with Crippen LogP contribution in [0, 0.1) is 6.92 Å². The molecule has 0 saturated carbocycles. The van der Waals surface area contributed by atoms with Crippen LogP contribution in [0.2, 0.25) is 0 Å². The Balaban J connectivity index is 2.06. The summed E-state index contributed by atoms with van der Waals surface area (Å²) in [4.78, 5) is 10.9. The number of aliphatic hydroxyl groups is 1. The van der Waals surface area contributed by atoms with Gasteiger partial charge in [0.15, 0.2) is 0 Å². The Bertz CT molecular complexity index is 642. The minimum Gasteiger partial charge on any atom is -0.481 e. The van der Waals surface area contributed by atoms with E-state index in [0.717, 1.165) is 5.56 Å². The van der Waals surface area contributed by atoms with Crippen LogP contribution in [0.1, 0.15) is 24.8 Å². The third kappa shape index (κ3) is 4.74. The predicted octanol–water partition coefficient (Wildman–Crippen LogP) is 0.657. The third-order valence-corrected chi connectivity index (χ3v) is 5.34. The average molecular weight is 343 g/mol. The number of sulfonamides is 1. The molecule has 0 radical (unpaired) electrons. The van der Waals surface area contributed by atoms with Gasteiger partial charge in [0.2, 0.25) is 10.0 Å². The maximum atomic E-state index is 12.4. The summed E-state index contributed by atoms with van der Waals surface area (Å²) in [6.07, 6.45) is -0.593. The zero-order valence-corrected chi connectivity index (χ0v) is 13.6. The molecule has 0 spiro atoms. The van der Waals surface area contributed by atoms with Gasteiger partial charge in [0.25, 0.3) is 0 Å². The topological polar surface area (TPSA) is 113 Å². The molecule has 2 rings (SSSR count). The second kappa shape index (κ2) is 7.39. The van der Waals surface area contributed by atoms with E-state index >= 15 is 0 Å². The molecule has 1 fully saturated rings. The zero-order chi connectivity index (χ0) is 17.0. The molecule has 23 heavy (non-hydrogen) atoms. The molecule has 0 bridgehead atoms. The SMILES string of the molecule is Cc1ccc(S(=O)(=O)N[C@H]2CC[C@H](CC(=O)O)O[C@@H]2CO)cc1. The van der Waals surface area contributed by atoms with Crippen molar-refractivity contribution in [1.82, 2.24) is 4.72 Å².